The molecule has 0 spiro atoms. The molecule has 2 aromatic carbocycles. The molecular formula is C27H35F3N4O5S. The van der Waals surface area contributed by atoms with Crippen LogP contribution in [0, 0.1) is 5.92 Å². The number of piperazine rings is 1. The normalized spacial score (nSPS) is 18.0. The number of hydrogen-bond donors (Lipinski definition) is 3. The second-order valence-electron chi connectivity index (χ2n) is 9.87. The van der Waals surface area contributed by atoms with E-state index in [1.165, 1.54) is 0 Å². The molecule has 0 aromatic heterocycles. The van der Waals surface area contributed by atoms with E-state index in [4.69, 9.17) is 9.90 Å². The van der Waals surface area contributed by atoms with Crippen LogP contribution in [0.3, 0.4) is 0 Å². The smallest absolute Gasteiger partial charge is 0.475 e. The predicted octanol–water partition coefficient (Wildman–Crippen LogP) is 3.96. The van der Waals surface area contributed by atoms with E-state index in [2.05, 4.69) is 21.9 Å². The summed E-state index contributed by atoms with van der Waals surface area (Å²) in [6.07, 6.45) is -2.10. The molecule has 0 aliphatic carbocycles. The van der Waals surface area contributed by atoms with E-state index in [0.717, 1.165) is 69.8 Å². The Balaban J connectivity index is 0.000000559. The fraction of sp³-hybridized carbons (Fsp3) is 0.481. The van der Waals surface area contributed by atoms with Crippen molar-refractivity contribution in [3.8, 4) is 0 Å². The number of amides is 1. The van der Waals surface area contributed by atoms with Gasteiger partial charge in [-0.05, 0) is 61.1 Å². The summed E-state index contributed by atoms with van der Waals surface area (Å²) < 4.78 is 61.0. The molecule has 3 N–H and O–H groups in total. The van der Waals surface area contributed by atoms with E-state index in [-0.39, 0.29) is 10.8 Å². The van der Waals surface area contributed by atoms with Gasteiger partial charge in [0.2, 0.25) is 0 Å². The van der Waals surface area contributed by atoms with E-state index in [9.17, 15) is 26.4 Å². The summed E-state index contributed by atoms with van der Waals surface area (Å²) in [6, 6.07) is 12.4. The molecule has 1 amide bonds. The molecule has 2 aliphatic rings. The van der Waals surface area contributed by atoms with Gasteiger partial charge in [0.1, 0.15) is 0 Å². The molecule has 0 radical (unpaired) electrons. The Morgan fingerprint density at radius 3 is 2.25 bits per heavy atom. The third kappa shape index (κ3) is 8.34. The van der Waals surface area contributed by atoms with Crippen molar-refractivity contribution in [1.29, 1.82) is 0 Å². The average molecular weight is 585 g/mol. The zero-order valence-electron chi connectivity index (χ0n) is 22.5. The maximum Gasteiger partial charge on any atom is 0.490 e. The number of rotatable bonds is 6. The Kier molecular flexibility index (Phi) is 10.4. The van der Waals surface area contributed by atoms with Crippen LogP contribution in [-0.4, -0.2) is 75.7 Å². The Labute approximate surface area is 232 Å². The Morgan fingerprint density at radius 1 is 1.07 bits per heavy atom. The number of alkyl halides is 3. The molecule has 0 bridgehead atoms. The van der Waals surface area contributed by atoms with E-state index in [1.807, 2.05) is 36.1 Å². The van der Waals surface area contributed by atoms with Crippen LogP contribution in [-0.2, 0) is 21.2 Å². The number of hydrogen-bond acceptors (Lipinski definition) is 6. The number of aliphatic carboxylic acids is 1. The van der Waals surface area contributed by atoms with Gasteiger partial charge in [0.05, 0.1) is 16.3 Å². The average Bonchev–Trinajstić information content (AvgIpc) is 2.92. The molecular weight excluding hydrogens is 549 g/mol. The SMILES string of the molecule is CCc1ccc(S(=O)(=O)Nc2cc(C(=O)N3CCCC(C)C3)ccc2N2CCNCC2)cc1.O=C(O)C(F)(F)F. The van der Waals surface area contributed by atoms with Crippen molar-refractivity contribution in [2.24, 2.45) is 5.92 Å². The maximum atomic E-state index is 13.2. The lowest BCUT2D eigenvalue weighted by Crippen LogP contribution is -2.44. The quantitative estimate of drug-likeness (QED) is 0.470. The lowest BCUT2D eigenvalue weighted by molar-refractivity contribution is -0.192. The first-order chi connectivity index (χ1) is 18.8. The van der Waals surface area contributed by atoms with Crippen molar-refractivity contribution in [1.82, 2.24) is 10.2 Å². The van der Waals surface area contributed by atoms with Crippen LogP contribution in [0.1, 0.15) is 42.6 Å². The number of carboxylic acids is 1. The van der Waals surface area contributed by atoms with E-state index in [1.54, 1.807) is 18.2 Å². The largest absolute Gasteiger partial charge is 0.490 e. The maximum absolute atomic E-state index is 13.2. The Bertz CT molecular complexity index is 1280. The second kappa shape index (κ2) is 13.4. The lowest BCUT2D eigenvalue weighted by atomic mass is 9.99. The van der Waals surface area contributed by atoms with Crippen LogP contribution in [0.5, 0.6) is 0 Å². The summed E-state index contributed by atoms with van der Waals surface area (Å²) in [5.74, 6) is -2.32. The van der Waals surface area contributed by atoms with E-state index >= 15 is 0 Å². The first kappa shape index (κ1) is 31.2. The molecule has 2 aliphatic heterocycles. The minimum Gasteiger partial charge on any atom is -0.475 e. The van der Waals surface area contributed by atoms with Gasteiger partial charge in [0, 0.05) is 44.8 Å². The number of sulfonamides is 1. The zero-order valence-corrected chi connectivity index (χ0v) is 23.3. The minimum absolute atomic E-state index is 0.0406. The summed E-state index contributed by atoms with van der Waals surface area (Å²) in [5, 5.41) is 10.4. The number of halogens is 3. The van der Waals surface area contributed by atoms with E-state index < -0.39 is 22.2 Å². The van der Waals surface area contributed by atoms with Crippen molar-refractivity contribution in [2.75, 3.05) is 48.9 Å². The van der Waals surface area contributed by atoms with Gasteiger partial charge in [-0.15, -0.1) is 0 Å². The van der Waals surface area contributed by atoms with Crippen molar-refractivity contribution < 1.29 is 36.3 Å². The summed E-state index contributed by atoms with van der Waals surface area (Å²) in [5.41, 5.74) is 2.85. The molecule has 1 unspecified atom stereocenters. The molecule has 40 heavy (non-hydrogen) atoms. The van der Waals surface area contributed by atoms with Crippen LogP contribution in [0.25, 0.3) is 0 Å². The molecule has 1 atom stereocenters. The van der Waals surface area contributed by atoms with Gasteiger partial charge >= 0.3 is 12.1 Å². The third-order valence-electron chi connectivity index (χ3n) is 6.77. The fourth-order valence-corrected chi connectivity index (χ4v) is 5.66. The summed E-state index contributed by atoms with van der Waals surface area (Å²) >= 11 is 0. The van der Waals surface area contributed by atoms with Gasteiger partial charge in [0.25, 0.3) is 15.9 Å². The van der Waals surface area contributed by atoms with Crippen LogP contribution in [0.4, 0.5) is 24.5 Å². The number of nitrogens with zero attached hydrogens (tertiary/aromatic N) is 2. The van der Waals surface area contributed by atoms with Crippen molar-refractivity contribution in [3.63, 3.8) is 0 Å². The molecule has 9 nitrogen and oxygen atoms in total. The predicted molar refractivity (Wildman–Crippen MR) is 146 cm³/mol. The topological polar surface area (TPSA) is 119 Å². The standard InChI is InChI=1S/C25H34N4O3S.C2HF3O2/c1-3-20-6-9-22(10-7-20)33(31,32)27-23-17-21(25(30)29-14-4-5-19(2)18-29)8-11-24(23)28-15-12-26-13-16-28;3-2(4,5)1(6)7/h6-11,17,19,26-27H,3-5,12-16,18H2,1-2H3;(H,6,7). The highest BCUT2D eigenvalue weighted by Gasteiger charge is 2.38. The molecule has 2 aromatic rings. The third-order valence-corrected chi connectivity index (χ3v) is 8.16. The van der Waals surface area contributed by atoms with Crippen LogP contribution < -0.4 is 14.9 Å². The number of piperidine rings is 1. The molecule has 4 rings (SSSR count). The number of nitrogens with one attached hydrogen (secondary N) is 2. The van der Waals surface area contributed by atoms with Gasteiger partial charge in [-0.2, -0.15) is 13.2 Å². The molecule has 2 saturated heterocycles. The first-order valence-corrected chi connectivity index (χ1v) is 14.6. The van der Waals surface area contributed by atoms with Gasteiger partial charge < -0.3 is 20.2 Å². The molecule has 13 heteroatoms. The first-order valence-electron chi connectivity index (χ1n) is 13.1. The highest BCUT2D eigenvalue weighted by Crippen LogP contribution is 2.31. The summed E-state index contributed by atoms with van der Waals surface area (Å²) in [4.78, 5) is 26.4. The number of carbonyl (C=O) groups excluding carboxylic acids is 1. The van der Waals surface area contributed by atoms with Crippen LogP contribution in [0.2, 0.25) is 0 Å². The molecule has 2 heterocycles. The molecule has 220 valence electrons. The van der Waals surface area contributed by atoms with Crippen molar-refractivity contribution in [2.45, 2.75) is 44.2 Å². The zero-order chi connectivity index (χ0) is 29.5. The van der Waals surface area contributed by atoms with Gasteiger partial charge in [-0.3, -0.25) is 9.52 Å². The fourth-order valence-electron chi connectivity index (χ4n) is 4.60. The highest BCUT2D eigenvalue weighted by atomic mass is 32.2. The number of aryl methyl sites for hydroxylation is 1. The Hall–Kier alpha value is -3.32. The molecule has 2 fully saturated rings. The number of carbonyl (C=O) groups is 2. The minimum atomic E-state index is -5.08. The van der Waals surface area contributed by atoms with Gasteiger partial charge in [-0.1, -0.05) is 26.0 Å². The monoisotopic (exact) mass is 584 g/mol. The molecule has 0 saturated carbocycles. The Morgan fingerprint density at radius 2 is 1.70 bits per heavy atom. The second-order valence-corrected chi connectivity index (χ2v) is 11.6. The number of benzene rings is 2. The number of anilines is 2. The number of carboxylic acid groups (broad SMARTS) is 1. The summed E-state index contributed by atoms with van der Waals surface area (Å²) in [6.45, 7) is 8.89. The van der Waals surface area contributed by atoms with Gasteiger partial charge in [0.15, 0.2) is 0 Å². The van der Waals surface area contributed by atoms with Crippen LogP contribution in [0.15, 0.2) is 47.4 Å². The van der Waals surface area contributed by atoms with E-state index in [0.29, 0.717) is 17.2 Å². The van der Waals surface area contributed by atoms with Crippen LogP contribution >= 0.6 is 0 Å². The number of likely N-dealkylation sites (tertiary alicyclic amines) is 1. The highest BCUT2D eigenvalue weighted by molar-refractivity contribution is 7.92. The van der Waals surface area contributed by atoms with Crippen molar-refractivity contribution in [3.05, 3.63) is 53.6 Å². The lowest BCUT2D eigenvalue weighted by Gasteiger charge is -2.33. The summed E-state index contributed by atoms with van der Waals surface area (Å²) in [7, 11) is -3.79. The van der Waals surface area contributed by atoms with Crippen molar-refractivity contribution >= 4 is 33.3 Å². The van der Waals surface area contributed by atoms with Gasteiger partial charge in [-0.25, -0.2) is 13.2 Å².